The maximum atomic E-state index is 15.4. The maximum Gasteiger partial charge on any atom is 0.326 e. The Morgan fingerprint density at radius 2 is 1.67 bits per heavy atom. The summed E-state index contributed by atoms with van der Waals surface area (Å²) in [6.45, 7) is 7.61. The molecule has 0 radical (unpaired) electrons. The summed E-state index contributed by atoms with van der Waals surface area (Å²) in [7, 11) is 4.42. The van der Waals surface area contributed by atoms with Gasteiger partial charge in [0.15, 0.2) is 0 Å². The lowest BCUT2D eigenvalue weighted by Gasteiger charge is -2.33. The molecule has 228 valence electrons. The fourth-order valence-corrected chi connectivity index (χ4v) is 5.24. The first-order valence-electron chi connectivity index (χ1n) is 14.1. The van der Waals surface area contributed by atoms with Gasteiger partial charge < -0.3 is 25.4 Å². The third kappa shape index (κ3) is 6.40. The van der Waals surface area contributed by atoms with Crippen molar-refractivity contribution in [3.05, 3.63) is 71.0 Å². The number of urea groups is 1. The van der Waals surface area contributed by atoms with Gasteiger partial charge in [-0.05, 0) is 79.3 Å². The van der Waals surface area contributed by atoms with Crippen molar-refractivity contribution in [1.29, 1.82) is 0 Å². The van der Waals surface area contributed by atoms with Gasteiger partial charge in [0, 0.05) is 44.0 Å². The van der Waals surface area contributed by atoms with Crippen LogP contribution in [0, 0.1) is 25.6 Å². The van der Waals surface area contributed by atoms with Crippen LogP contribution in [-0.4, -0.2) is 72.6 Å². The fourth-order valence-electron chi connectivity index (χ4n) is 5.24. The molecule has 0 saturated carbocycles. The average Bonchev–Trinajstić information content (AvgIpc) is 2.98. The van der Waals surface area contributed by atoms with E-state index in [4.69, 9.17) is 4.74 Å². The van der Waals surface area contributed by atoms with Crippen LogP contribution in [0.2, 0.25) is 0 Å². The van der Waals surface area contributed by atoms with Gasteiger partial charge >= 0.3 is 6.03 Å². The lowest BCUT2D eigenvalue weighted by Crippen LogP contribution is -2.56. The number of nitrogens with zero attached hydrogens (tertiary/aromatic N) is 2. The van der Waals surface area contributed by atoms with Crippen LogP contribution in [-0.2, 0) is 16.1 Å². The number of amides is 4. The van der Waals surface area contributed by atoms with Gasteiger partial charge in [-0.25, -0.2) is 9.18 Å². The Bertz CT molecular complexity index is 1570. The Morgan fingerprint density at radius 3 is 2.33 bits per heavy atom. The Hall–Kier alpha value is -4.28. The number of aliphatic hydroxyl groups is 1. The highest BCUT2D eigenvalue weighted by Crippen LogP contribution is 2.38. The number of hydrogen-bond acceptors (Lipinski definition) is 6. The molecule has 43 heavy (non-hydrogen) atoms. The molecule has 0 bridgehead atoms. The number of carbonyl (C=O) groups excluding carboxylic acids is 3. The van der Waals surface area contributed by atoms with Crippen LogP contribution in [0.25, 0.3) is 22.3 Å². The number of benzene rings is 3. The van der Waals surface area contributed by atoms with Gasteiger partial charge in [-0.3, -0.25) is 14.5 Å². The third-order valence-electron chi connectivity index (χ3n) is 8.06. The lowest BCUT2D eigenvalue weighted by molar-refractivity contribution is -0.140. The molecule has 0 aromatic heterocycles. The number of nitrogens with one attached hydrogen (secondary N) is 2. The summed E-state index contributed by atoms with van der Waals surface area (Å²) < 4.78 is 21.0. The summed E-state index contributed by atoms with van der Waals surface area (Å²) in [6.07, 6.45) is 0. The number of methoxy groups -OCH3 is 1. The number of anilines is 1. The first-order valence-corrected chi connectivity index (χ1v) is 14.1. The highest BCUT2D eigenvalue weighted by Gasteiger charge is 2.39. The second kappa shape index (κ2) is 12.5. The van der Waals surface area contributed by atoms with E-state index in [1.54, 1.807) is 13.1 Å². The van der Waals surface area contributed by atoms with Crippen LogP contribution in [0.4, 0.5) is 14.9 Å². The highest BCUT2D eigenvalue weighted by atomic mass is 19.1. The Morgan fingerprint density at radius 1 is 1.05 bits per heavy atom. The molecule has 3 aromatic carbocycles. The van der Waals surface area contributed by atoms with Crippen LogP contribution >= 0.6 is 0 Å². The number of rotatable bonds is 9. The van der Waals surface area contributed by atoms with Gasteiger partial charge in [0.25, 0.3) is 0 Å². The number of halogens is 1. The predicted molar refractivity (Wildman–Crippen MR) is 164 cm³/mol. The molecule has 9 nitrogen and oxygen atoms in total. The van der Waals surface area contributed by atoms with Crippen molar-refractivity contribution in [3.8, 4) is 28.0 Å². The summed E-state index contributed by atoms with van der Waals surface area (Å²) in [5.74, 6) is -2.06. The molecule has 1 atom stereocenters. The number of aliphatic hydroxyl groups excluding tert-OH is 1. The first kappa shape index (κ1) is 31.7. The monoisotopic (exact) mass is 590 g/mol. The quantitative estimate of drug-likeness (QED) is 0.311. The minimum absolute atomic E-state index is 0.00179. The maximum absolute atomic E-state index is 15.4. The zero-order valence-electron chi connectivity index (χ0n) is 25.7. The molecule has 3 N–H and O–H groups in total. The van der Waals surface area contributed by atoms with E-state index in [2.05, 4.69) is 10.6 Å². The lowest BCUT2D eigenvalue weighted by atomic mass is 9.90. The molecule has 1 heterocycles. The van der Waals surface area contributed by atoms with Gasteiger partial charge in [0.1, 0.15) is 17.5 Å². The second-order valence-electron chi connectivity index (χ2n) is 11.6. The number of ether oxygens (including phenoxy) is 1. The molecule has 3 aromatic rings. The summed E-state index contributed by atoms with van der Waals surface area (Å²) in [4.78, 5) is 40.2. The van der Waals surface area contributed by atoms with Crippen molar-refractivity contribution in [1.82, 2.24) is 15.1 Å². The Kier molecular flexibility index (Phi) is 9.22. The van der Waals surface area contributed by atoms with E-state index in [1.165, 1.54) is 25.1 Å². The number of carbonyl (C=O) groups is 3. The molecule has 4 amide bonds. The molecule has 4 rings (SSSR count). The van der Waals surface area contributed by atoms with E-state index in [1.807, 2.05) is 64.1 Å². The van der Waals surface area contributed by atoms with Crippen molar-refractivity contribution < 1.29 is 28.6 Å². The van der Waals surface area contributed by atoms with E-state index >= 15 is 4.39 Å². The number of imide groups is 1. The van der Waals surface area contributed by atoms with E-state index in [9.17, 15) is 19.5 Å². The van der Waals surface area contributed by atoms with Gasteiger partial charge in [-0.1, -0.05) is 30.3 Å². The largest absolute Gasteiger partial charge is 0.496 e. The molecule has 0 aliphatic carbocycles. The minimum atomic E-state index is -1.02. The molecular formula is C33H39FN4O5. The van der Waals surface area contributed by atoms with Crippen LogP contribution < -0.4 is 15.4 Å². The topological polar surface area (TPSA) is 111 Å². The van der Waals surface area contributed by atoms with Crippen LogP contribution in [0.1, 0.15) is 30.5 Å². The SMILES string of the molecule is COc1cc(-c2cccc(-c3cccc(NC(=O)C4CN(C)C(=O)N(C)C4=O)c3C)c2C)cc(F)c1CNC(C)(C)CO. The van der Waals surface area contributed by atoms with Gasteiger partial charge in [-0.15, -0.1) is 0 Å². The summed E-state index contributed by atoms with van der Waals surface area (Å²) >= 11 is 0. The molecule has 1 aliphatic rings. The molecule has 1 fully saturated rings. The Labute approximate surface area is 251 Å². The molecule has 0 spiro atoms. The second-order valence-corrected chi connectivity index (χ2v) is 11.6. The van der Waals surface area contributed by atoms with Gasteiger partial charge in [0.05, 0.1) is 13.7 Å². The summed E-state index contributed by atoms with van der Waals surface area (Å²) in [5, 5.41) is 15.6. The highest BCUT2D eigenvalue weighted by molar-refractivity contribution is 6.12. The van der Waals surface area contributed by atoms with Crippen molar-refractivity contribution in [2.45, 2.75) is 39.8 Å². The summed E-state index contributed by atoms with van der Waals surface area (Å²) in [5.41, 5.74) is 5.31. The smallest absolute Gasteiger partial charge is 0.326 e. The van der Waals surface area contributed by atoms with E-state index < -0.39 is 35.1 Å². The minimum Gasteiger partial charge on any atom is -0.496 e. The molecule has 10 heteroatoms. The standard InChI is InChI=1S/C33H39FN4O5/c1-19-22(21-14-27(34)25(29(15-21)43-7)16-35-33(3,4)18-39)10-8-11-23(19)24-12-9-13-28(20(24)2)36-30(40)26-17-37(5)32(42)38(6)31(26)41/h8-15,26,35,39H,16-18H2,1-7H3,(H,36,40). The van der Waals surface area contributed by atoms with Gasteiger partial charge in [-0.2, -0.15) is 0 Å². The normalized spacial score (nSPS) is 15.6. The van der Waals surface area contributed by atoms with Crippen LogP contribution in [0.3, 0.4) is 0 Å². The van der Waals surface area contributed by atoms with E-state index in [0.29, 0.717) is 22.6 Å². The fraction of sp³-hybridized carbons (Fsp3) is 0.364. The Balaban J connectivity index is 1.65. The summed E-state index contributed by atoms with van der Waals surface area (Å²) in [6, 6.07) is 14.2. The molecule has 1 unspecified atom stereocenters. The van der Waals surface area contributed by atoms with Crippen molar-refractivity contribution >= 4 is 23.5 Å². The zero-order chi connectivity index (χ0) is 31.6. The number of hydrogen-bond donors (Lipinski definition) is 3. The van der Waals surface area contributed by atoms with Crippen LogP contribution in [0.15, 0.2) is 48.5 Å². The molecular weight excluding hydrogens is 551 g/mol. The average molecular weight is 591 g/mol. The third-order valence-corrected chi connectivity index (χ3v) is 8.06. The predicted octanol–water partition coefficient (Wildman–Crippen LogP) is 4.72. The van der Waals surface area contributed by atoms with Crippen molar-refractivity contribution in [3.63, 3.8) is 0 Å². The van der Waals surface area contributed by atoms with Gasteiger partial charge in [0.2, 0.25) is 11.8 Å². The van der Waals surface area contributed by atoms with E-state index in [0.717, 1.165) is 32.7 Å². The van der Waals surface area contributed by atoms with E-state index in [-0.39, 0.29) is 19.7 Å². The van der Waals surface area contributed by atoms with Crippen LogP contribution in [0.5, 0.6) is 5.75 Å². The molecule has 1 saturated heterocycles. The zero-order valence-corrected chi connectivity index (χ0v) is 25.7. The molecule has 1 aliphatic heterocycles. The van der Waals surface area contributed by atoms with Crippen molar-refractivity contribution in [2.24, 2.45) is 5.92 Å². The van der Waals surface area contributed by atoms with Crippen molar-refractivity contribution in [2.75, 3.05) is 39.7 Å². The first-order chi connectivity index (χ1) is 20.3.